The highest BCUT2D eigenvalue weighted by Crippen LogP contribution is 2.54. The fraction of sp³-hybridized carbons (Fsp3) is 0.607. The van der Waals surface area contributed by atoms with Gasteiger partial charge in [0.05, 0.1) is 18.2 Å². The molecule has 1 amide bonds. The van der Waals surface area contributed by atoms with Crippen LogP contribution in [-0.2, 0) is 16.6 Å². The molecule has 0 radical (unpaired) electrons. The van der Waals surface area contributed by atoms with Gasteiger partial charge in [-0.3, -0.25) is 4.79 Å². The third kappa shape index (κ3) is 3.78. The zero-order valence-electron chi connectivity index (χ0n) is 21.4. The van der Waals surface area contributed by atoms with Crippen molar-refractivity contribution in [3.8, 4) is 0 Å². The molecule has 0 fully saturated rings. The number of H-pyrrole nitrogens is 1. The van der Waals surface area contributed by atoms with Gasteiger partial charge in [-0.2, -0.15) is 0 Å². The summed E-state index contributed by atoms with van der Waals surface area (Å²) < 4.78 is 0. The first-order valence-electron chi connectivity index (χ1n) is 12.4. The summed E-state index contributed by atoms with van der Waals surface area (Å²) in [5.74, 6) is 0.521. The number of aromatic amines is 1. The second-order valence-electron chi connectivity index (χ2n) is 11.9. The van der Waals surface area contributed by atoms with Gasteiger partial charge in [-0.1, -0.05) is 47.6 Å². The number of hydrogen-bond acceptors (Lipinski definition) is 3. The van der Waals surface area contributed by atoms with E-state index in [2.05, 4.69) is 81.7 Å². The molecule has 1 aromatic carbocycles. The molecule has 3 N–H and O–H groups in total. The van der Waals surface area contributed by atoms with Crippen LogP contribution < -0.4 is 10.2 Å². The van der Waals surface area contributed by atoms with Gasteiger partial charge < -0.3 is 20.3 Å². The second-order valence-corrected chi connectivity index (χ2v) is 11.9. The van der Waals surface area contributed by atoms with Crippen LogP contribution in [0.5, 0.6) is 0 Å². The molecule has 2 aromatic rings. The number of allylic oxidation sites excluding steroid dienone is 1. The zero-order valence-corrected chi connectivity index (χ0v) is 21.4. The Bertz CT molecular complexity index is 1080. The largest absolute Gasteiger partial charge is 0.394 e. The molecule has 0 unspecified atom stereocenters. The fourth-order valence-corrected chi connectivity index (χ4v) is 6.25. The van der Waals surface area contributed by atoms with Crippen molar-refractivity contribution in [2.75, 3.05) is 18.6 Å². The Labute approximate surface area is 198 Å². The molecule has 2 heterocycles. The molecular weight excluding hydrogens is 410 g/mol. The quantitative estimate of drug-likeness (QED) is 0.574. The molecule has 5 nitrogen and oxygen atoms in total. The number of aliphatic hydroxyl groups is 1. The summed E-state index contributed by atoms with van der Waals surface area (Å²) in [7, 11) is 2.04. The number of rotatable bonds is 3. The maximum atomic E-state index is 13.3. The van der Waals surface area contributed by atoms with E-state index in [-0.39, 0.29) is 41.3 Å². The number of likely N-dealkylation sites (N-methyl/N-ethyl adjacent to an activating group) is 1. The van der Waals surface area contributed by atoms with E-state index in [0.29, 0.717) is 12.3 Å². The van der Waals surface area contributed by atoms with Gasteiger partial charge in [0, 0.05) is 29.7 Å². The van der Waals surface area contributed by atoms with E-state index in [4.69, 9.17) is 0 Å². The highest BCUT2D eigenvalue weighted by molar-refractivity contribution is 6.01. The van der Waals surface area contributed by atoms with Gasteiger partial charge in [-0.15, -0.1) is 6.58 Å². The molecule has 0 saturated carbocycles. The summed E-state index contributed by atoms with van der Waals surface area (Å²) in [4.78, 5) is 19.1. The highest BCUT2D eigenvalue weighted by Gasteiger charge is 2.42. The average molecular weight is 452 g/mol. The van der Waals surface area contributed by atoms with Gasteiger partial charge in [-0.05, 0) is 59.3 Å². The van der Waals surface area contributed by atoms with Crippen molar-refractivity contribution >= 4 is 22.5 Å². The lowest BCUT2D eigenvalue weighted by atomic mass is 9.61. The zero-order chi connectivity index (χ0) is 24.3. The minimum Gasteiger partial charge on any atom is -0.394 e. The predicted octanol–water partition coefficient (Wildman–Crippen LogP) is 5.03. The number of carbonyl (C=O) groups is 1. The van der Waals surface area contributed by atoms with Gasteiger partial charge in [0.25, 0.3) is 0 Å². The molecule has 4 rings (SSSR count). The Morgan fingerprint density at radius 2 is 2.06 bits per heavy atom. The average Bonchev–Trinajstić information content (AvgIpc) is 3.16. The Hall–Kier alpha value is -2.27. The first-order chi connectivity index (χ1) is 15.4. The molecule has 1 aliphatic heterocycles. The lowest BCUT2D eigenvalue weighted by Gasteiger charge is -2.44. The third-order valence-corrected chi connectivity index (χ3v) is 8.20. The SMILES string of the molecule is C=C[C@@]1(C)CC[C@H](C(C)(C)C)c2c1cc1c3c(c[nH]c23)C[C@@H](CO)NC(=O)[C@H](C(C)C)N1C. The second kappa shape index (κ2) is 8.19. The number of nitrogens with one attached hydrogen (secondary N) is 2. The van der Waals surface area contributed by atoms with Gasteiger partial charge in [0.1, 0.15) is 6.04 Å². The number of nitrogens with zero attached hydrogens (tertiary/aromatic N) is 1. The summed E-state index contributed by atoms with van der Waals surface area (Å²) in [5.41, 5.74) is 6.16. The maximum Gasteiger partial charge on any atom is 0.243 e. The molecule has 5 heteroatoms. The van der Waals surface area contributed by atoms with Gasteiger partial charge in [-0.25, -0.2) is 0 Å². The highest BCUT2D eigenvalue weighted by atomic mass is 16.3. The van der Waals surface area contributed by atoms with E-state index in [1.54, 1.807) is 0 Å². The Morgan fingerprint density at radius 3 is 2.64 bits per heavy atom. The number of aromatic nitrogens is 1. The van der Waals surface area contributed by atoms with Crippen LogP contribution in [0.3, 0.4) is 0 Å². The smallest absolute Gasteiger partial charge is 0.243 e. The normalized spacial score (nSPS) is 28.2. The molecule has 33 heavy (non-hydrogen) atoms. The van der Waals surface area contributed by atoms with Crippen LogP contribution in [0.25, 0.3) is 10.9 Å². The van der Waals surface area contributed by atoms with Crippen molar-refractivity contribution in [1.82, 2.24) is 10.3 Å². The Morgan fingerprint density at radius 1 is 1.36 bits per heavy atom. The van der Waals surface area contributed by atoms with Crippen molar-refractivity contribution in [3.05, 3.63) is 41.6 Å². The molecule has 0 saturated heterocycles. The number of amides is 1. The van der Waals surface area contributed by atoms with E-state index in [1.165, 1.54) is 22.0 Å². The number of fused-ring (bicyclic) bond motifs is 2. The number of anilines is 1. The molecule has 4 atom stereocenters. The van der Waals surface area contributed by atoms with Crippen molar-refractivity contribution < 1.29 is 9.90 Å². The van der Waals surface area contributed by atoms with E-state index in [9.17, 15) is 9.90 Å². The van der Waals surface area contributed by atoms with Crippen LogP contribution in [0.2, 0.25) is 0 Å². The standard InChI is InChI=1S/C28H41N3O2/c1-9-28(7)11-10-19(27(4,5)6)23-20(28)13-21-22-17(14-29-24(22)23)12-18(15-32)30-26(33)25(16(2)3)31(21)8/h9,13-14,16,18-19,25,29,32H,1,10-12,15H2,2-8H3,(H,30,33)/t18-,19-,25-,28-/m0/s1. The van der Waals surface area contributed by atoms with E-state index in [1.807, 2.05) is 7.05 Å². The molecule has 1 aliphatic carbocycles. The Balaban J connectivity index is 2.09. The minimum atomic E-state index is -0.321. The number of carbonyl (C=O) groups excluding carboxylic acids is 1. The van der Waals surface area contributed by atoms with Crippen molar-refractivity contribution in [3.63, 3.8) is 0 Å². The topological polar surface area (TPSA) is 68.4 Å². The van der Waals surface area contributed by atoms with Crippen LogP contribution in [0.15, 0.2) is 24.9 Å². The summed E-state index contributed by atoms with van der Waals surface area (Å²) in [5, 5.41) is 14.3. The van der Waals surface area contributed by atoms with Crippen LogP contribution in [0.1, 0.15) is 77.0 Å². The Kier molecular flexibility index (Phi) is 5.93. The van der Waals surface area contributed by atoms with Crippen molar-refractivity contribution in [2.24, 2.45) is 11.3 Å². The van der Waals surface area contributed by atoms with E-state index >= 15 is 0 Å². The fourth-order valence-electron chi connectivity index (χ4n) is 6.25. The summed E-state index contributed by atoms with van der Waals surface area (Å²) in [6, 6.07) is 1.72. The van der Waals surface area contributed by atoms with Gasteiger partial charge >= 0.3 is 0 Å². The minimum absolute atomic E-state index is 0.0226. The van der Waals surface area contributed by atoms with Crippen molar-refractivity contribution in [2.45, 2.75) is 84.2 Å². The summed E-state index contributed by atoms with van der Waals surface area (Å²) in [6.45, 7) is 17.6. The van der Waals surface area contributed by atoms with Gasteiger partial charge in [0.15, 0.2) is 0 Å². The van der Waals surface area contributed by atoms with E-state index in [0.717, 1.165) is 24.1 Å². The van der Waals surface area contributed by atoms with Crippen LogP contribution in [0, 0.1) is 11.3 Å². The van der Waals surface area contributed by atoms with Gasteiger partial charge in [0.2, 0.25) is 5.91 Å². The molecule has 2 aliphatic rings. The first kappa shape index (κ1) is 23.9. The van der Waals surface area contributed by atoms with E-state index < -0.39 is 0 Å². The number of hydrogen-bond donors (Lipinski definition) is 3. The summed E-state index contributed by atoms with van der Waals surface area (Å²) >= 11 is 0. The lowest BCUT2D eigenvalue weighted by Crippen LogP contribution is -2.52. The van der Waals surface area contributed by atoms with Crippen LogP contribution in [-0.4, -0.2) is 41.7 Å². The molecule has 180 valence electrons. The monoisotopic (exact) mass is 451 g/mol. The predicted molar refractivity (Wildman–Crippen MR) is 137 cm³/mol. The van der Waals surface area contributed by atoms with Crippen LogP contribution >= 0.6 is 0 Å². The third-order valence-electron chi connectivity index (χ3n) is 8.20. The lowest BCUT2D eigenvalue weighted by molar-refractivity contribution is -0.124. The molecule has 0 spiro atoms. The maximum absolute atomic E-state index is 13.3. The number of aliphatic hydroxyl groups excluding tert-OH is 1. The van der Waals surface area contributed by atoms with Crippen molar-refractivity contribution in [1.29, 1.82) is 0 Å². The number of benzene rings is 1. The summed E-state index contributed by atoms with van der Waals surface area (Å²) in [6.07, 6.45) is 6.98. The molecular formula is C28H41N3O2. The molecule has 0 bridgehead atoms. The first-order valence-corrected chi connectivity index (χ1v) is 12.4. The molecule has 1 aromatic heterocycles. The van der Waals surface area contributed by atoms with Crippen LogP contribution in [0.4, 0.5) is 5.69 Å².